The number of hydrogen-bond acceptors (Lipinski definition) is 3. The van der Waals surface area contributed by atoms with Crippen LogP contribution in [0, 0.1) is 12.7 Å². The highest BCUT2D eigenvalue weighted by Crippen LogP contribution is 2.27. The van der Waals surface area contributed by atoms with Crippen LogP contribution in [0.15, 0.2) is 41.3 Å². The fourth-order valence-electron chi connectivity index (χ4n) is 1.68. The van der Waals surface area contributed by atoms with Crippen LogP contribution < -0.4 is 10.5 Å². The smallest absolute Gasteiger partial charge is 0.262 e. The summed E-state index contributed by atoms with van der Waals surface area (Å²) in [5.74, 6) is -0.626. The Bertz CT molecular complexity index is 763. The molecule has 0 bridgehead atoms. The first kappa shape index (κ1) is 14.6. The van der Waals surface area contributed by atoms with Gasteiger partial charge in [-0.1, -0.05) is 17.7 Å². The molecule has 106 valence electrons. The van der Waals surface area contributed by atoms with E-state index in [1.54, 1.807) is 6.92 Å². The summed E-state index contributed by atoms with van der Waals surface area (Å²) in [5, 5.41) is 0.169. The van der Waals surface area contributed by atoms with Gasteiger partial charge in [0.1, 0.15) is 5.82 Å². The van der Waals surface area contributed by atoms with Crippen molar-refractivity contribution in [2.24, 2.45) is 0 Å². The quantitative estimate of drug-likeness (QED) is 0.855. The summed E-state index contributed by atoms with van der Waals surface area (Å²) in [6.07, 6.45) is 0. The van der Waals surface area contributed by atoms with E-state index in [-0.39, 0.29) is 15.6 Å². The Balaban J connectivity index is 2.43. The third kappa shape index (κ3) is 3.02. The van der Waals surface area contributed by atoms with E-state index in [1.165, 1.54) is 30.3 Å². The van der Waals surface area contributed by atoms with Gasteiger partial charge in [-0.2, -0.15) is 0 Å². The molecule has 0 aliphatic rings. The highest BCUT2D eigenvalue weighted by molar-refractivity contribution is 7.92. The molecule has 7 heteroatoms. The molecular weight excluding hydrogens is 303 g/mol. The van der Waals surface area contributed by atoms with Gasteiger partial charge in [-0.05, 0) is 42.8 Å². The van der Waals surface area contributed by atoms with Gasteiger partial charge in [0, 0.05) is 5.69 Å². The van der Waals surface area contributed by atoms with Crippen LogP contribution in [0.1, 0.15) is 5.56 Å². The number of anilines is 2. The van der Waals surface area contributed by atoms with E-state index in [0.717, 1.165) is 6.07 Å². The minimum Gasteiger partial charge on any atom is -0.399 e. The Hall–Kier alpha value is -1.79. The molecule has 0 saturated carbocycles. The predicted molar refractivity (Wildman–Crippen MR) is 77.8 cm³/mol. The van der Waals surface area contributed by atoms with E-state index in [4.69, 9.17) is 17.3 Å². The number of nitrogens with two attached hydrogens (primary N) is 1. The largest absolute Gasteiger partial charge is 0.399 e. The van der Waals surface area contributed by atoms with Crippen LogP contribution in [-0.2, 0) is 10.0 Å². The van der Waals surface area contributed by atoms with Crippen LogP contribution in [-0.4, -0.2) is 8.42 Å². The zero-order valence-corrected chi connectivity index (χ0v) is 12.1. The van der Waals surface area contributed by atoms with E-state index < -0.39 is 15.8 Å². The number of nitrogens with one attached hydrogen (secondary N) is 1. The molecule has 0 spiro atoms. The van der Waals surface area contributed by atoms with Gasteiger partial charge in [-0.25, -0.2) is 12.8 Å². The number of aryl methyl sites for hydroxylation is 1. The Morgan fingerprint density at radius 3 is 2.55 bits per heavy atom. The summed E-state index contributed by atoms with van der Waals surface area (Å²) in [5.41, 5.74) is 6.57. The van der Waals surface area contributed by atoms with Gasteiger partial charge in [0.15, 0.2) is 0 Å². The molecule has 2 aromatic rings. The molecule has 0 fully saturated rings. The molecule has 0 heterocycles. The molecule has 0 saturated heterocycles. The van der Waals surface area contributed by atoms with Gasteiger partial charge in [-0.3, -0.25) is 4.72 Å². The number of nitrogen functional groups attached to an aromatic ring is 1. The Kier molecular flexibility index (Phi) is 3.87. The fourth-order valence-corrected chi connectivity index (χ4v) is 3.31. The molecule has 0 aliphatic carbocycles. The molecule has 4 nitrogen and oxygen atoms in total. The van der Waals surface area contributed by atoms with Crippen LogP contribution in [0.5, 0.6) is 0 Å². The van der Waals surface area contributed by atoms with Crippen molar-refractivity contribution in [3.05, 3.63) is 52.8 Å². The van der Waals surface area contributed by atoms with Crippen LogP contribution in [0.4, 0.5) is 15.8 Å². The second-order valence-electron chi connectivity index (χ2n) is 4.25. The van der Waals surface area contributed by atoms with Crippen LogP contribution in [0.2, 0.25) is 5.02 Å². The predicted octanol–water partition coefficient (Wildman–Crippen LogP) is 3.17. The zero-order chi connectivity index (χ0) is 14.9. The lowest BCUT2D eigenvalue weighted by molar-refractivity contribution is 0.594. The normalized spacial score (nSPS) is 11.3. The third-order valence-electron chi connectivity index (χ3n) is 2.68. The summed E-state index contributed by atoms with van der Waals surface area (Å²) in [4.78, 5) is -0.134. The van der Waals surface area contributed by atoms with Gasteiger partial charge >= 0.3 is 0 Å². The lowest BCUT2D eigenvalue weighted by Crippen LogP contribution is -2.15. The minimum absolute atomic E-state index is 0.134. The van der Waals surface area contributed by atoms with Crippen molar-refractivity contribution in [1.29, 1.82) is 0 Å². The molecule has 0 unspecified atom stereocenters. The molecular formula is C13H12ClFN2O2S. The molecule has 3 N–H and O–H groups in total. The van der Waals surface area contributed by atoms with Crippen molar-refractivity contribution in [2.75, 3.05) is 10.5 Å². The number of sulfonamides is 1. The zero-order valence-electron chi connectivity index (χ0n) is 10.5. The second kappa shape index (κ2) is 5.30. The van der Waals surface area contributed by atoms with Crippen LogP contribution in [0.3, 0.4) is 0 Å². The minimum atomic E-state index is -3.92. The molecule has 20 heavy (non-hydrogen) atoms. The molecule has 0 atom stereocenters. The first-order valence-electron chi connectivity index (χ1n) is 5.63. The van der Waals surface area contributed by atoms with Crippen LogP contribution >= 0.6 is 11.6 Å². The standard InChI is InChI=1S/C13H12ClFN2O2S/c1-8-2-3-9(15)6-13(8)20(18,19)17-12-5-4-10(16)7-11(12)14/h2-7,17H,16H2,1H3. The highest BCUT2D eigenvalue weighted by atomic mass is 35.5. The first-order chi connectivity index (χ1) is 9.29. The van der Waals surface area contributed by atoms with E-state index in [2.05, 4.69) is 4.72 Å². The van der Waals surface area contributed by atoms with Gasteiger partial charge in [0.25, 0.3) is 10.0 Å². The summed E-state index contributed by atoms with van der Waals surface area (Å²) in [6, 6.07) is 7.95. The van der Waals surface area contributed by atoms with E-state index >= 15 is 0 Å². The Morgan fingerprint density at radius 1 is 1.20 bits per heavy atom. The fraction of sp³-hybridized carbons (Fsp3) is 0.0769. The van der Waals surface area contributed by atoms with Crippen molar-refractivity contribution in [3.63, 3.8) is 0 Å². The van der Waals surface area contributed by atoms with E-state index in [9.17, 15) is 12.8 Å². The lowest BCUT2D eigenvalue weighted by atomic mass is 10.2. The second-order valence-corrected chi connectivity index (χ2v) is 6.31. The molecule has 2 rings (SSSR count). The van der Waals surface area contributed by atoms with Crippen molar-refractivity contribution in [2.45, 2.75) is 11.8 Å². The number of benzene rings is 2. The van der Waals surface area contributed by atoms with Gasteiger partial charge < -0.3 is 5.73 Å². The van der Waals surface area contributed by atoms with Crippen molar-refractivity contribution < 1.29 is 12.8 Å². The van der Waals surface area contributed by atoms with Crippen LogP contribution in [0.25, 0.3) is 0 Å². The summed E-state index contributed by atoms with van der Waals surface area (Å²) < 4.78 is 40.0. The van der Waals surface area contributed by atoms with E-state index in [0.29, 0.717) is 11.3 Å². The number of halogens is 2. The topological polar surface area (TPSA) is 72.2 Å². The molecule has 0 amide bonds. The highest BCUT2D eigenvalue weighted by Gasteiger charge is 2.19. The summed E-state index contributed by atoms with van der Waals surface area (Å²) in [7, 11) is -3.92. The third-order valence-corrected chi connectivity index (χ3v) is 4.50. The average Bonchev–Trinajstić information content (AvgIpc) is 2.35. The summed E-state index contributed by atoms with van der Waals surface area (Å²) in [6.45, 7) is 1.58. The Labute approximate surface area is 121 Å². The lowest BCUT2D eigenvalue weighted by Gasteiger charge is -2.12. The maximum atomic E-state index is 13.2. The van der Waals surface area contributed by atoms with Gasteiger partial charge in [-0.15, -0.1) is 0 Å². The van der Waals surface area contributed by atoms with Crippen molar-refractivity contribution >= 4 is 33.0 Å². The maximum Gasteiger partial charge on any atom is 0.262 e. The van der Waals surface area contributed by atoms with Gasteiger partial charge in [0.2, 0.25) is 0 Å². The van der Waals surface area contributed by atoms with Gasteiger partial charge in [0.05, 0.1) is 15.6 Å². The van der Waals surface area contributed by atoms with Crippen molar-refractivity contribution in [1.82, 2.24) is 0 Å². The first-order valence-corrected chi connectivity index (χ1v) is 7.50. The summed E-state index contributed by atoms with van der Waals surface area (Å²) >= 11 is 5.91. The van der Waals surface area contributed by atoms with Crippen molar-refractivity contribution in [3.8, 4) is 0 Å². The number of hydrogen-bond donors (Lipinski definition) is 2. The molecule has 0 aliphatic heterocycles. The average molecular weight is 315 g/mol. The van der Waals surface area contributed by atoms with E-state index in [1.807, 2.05) is 0 Å². The molecule has 2 aromatic carbocycles. The SMILES string of the molecule is Cc1ccc(F)cc1S(=O)(=O)Nc1ccc(N)cc1Cl. The molecule has 0 aromatic heterocycles. The maximum absolute atomic E-state index is 13.2. The number of rotatable bonds is 3. The Morgan fingerprint density at radius 2 is 1.90 bits per heavy atom. The monoisotopic (exact) mass is 314 g/mol. The molecule has 0 radical (unpaired) electrons.